The second-order valence-corrected chi connectivity index (χ2v) is 6.25. The molecule has 0 bridgehead atoms. The third-order valence-corrected chi connectivity index (χ3v) is 4.27. The van der Waals surface area contributed by atoms with Crippen molar-refractivity contribution in [3.05, 3.63) is 58.1 Å². The third-order valence-electron chi connectivity index (χ3n) is 3.99. The minimum absolute atomic E-state index is 0.0182. The van der Waals surface area contributed by atoms with Gasteiger partial charge < -0.3 is 19.9 Å². The van der Waals surface area contributed by atoms with E-state index in [0.717, 1.165) is 5.56 Å². The summed E-state index contributed by atoms with van der Waals surface area (Å²) in [5.74, 6) is -0.113. The predicted molar refractivity (Wildman–Crippen MR) is 96.3 cm³/mol. The summed E-state index contributed by atoms with van der Waals surface area (Å²) in [4.78, 5) is 23.3. The van der Waals surface area contributed by atoms with Gasteiger partial charge in [0.2, 0.25) is 5.91 Å². The van der Waals surface area contributed by atoms with Crippen molar-refractivity contribution in [2.75, 3.05) is 19.8 Å². The van der Waals surface area contributed by atoms with Crippen molar-refractivity contribution < 1.29 is 24.2 Å². The van der Waals surface area contributed by atoms with Crippen LogP contribution in [0, 0.1) is 0 Å². The molecule has 2 aromatic carbocycles. The zero-order valence-electron chi connectivity index (χ0n) is 14.0. The van der Waals surface area contributed by atoms with E-state index in [0.29, 0.717) is 48.3 Å². The van der Waals surface area contributed by atoms with Gasteiger partial charge in [-0.05, 0) is 35.7 Å². The van der Waals surface area contributed by atoms with E-state index in [9.17, 15) is 9.59 Å². The van der Waals surface area contributed by atoms with Crippen molar-refractivity contribution >= 4 is 23.5 Å². The lowest BCUT2D eigenvalue weighted by molar-refractivity contribution is -0.120. The van der Waals surface area contributed by atoms with E-state index in [4.69, 9.17) is 26.2 Å². The maximum atomic E-state index is 12.1. The van der Waals surface area contributed by atoms with E-state index in [2.05, 4.69) is 5.32 Å². The van der Waals surface area contributed by atoms with E-state index < -0.39 is 5.97 Å². The van der Waals surface area contributed by atoms with Crippen LogP contribution < -0.4 is 14.8 Å². The Morgan fingerprint density at radius 1 is 1.15 bits per heavy atom. The molecular weight excluding hydrogens is 358 g/mol. The number of nitrogens with one attached hydrogen (secondary N) is 1. The van der Waals surface area contributed by atoms with Gasteiger partial charge in [-0.25, -0.2) is 4.79 Å². The molecular formula is C19H18ClNO5. The molecule has 0 radical (unpaired) electrons. The number of amides is 1. The molecule has 26 heavy (non-hydrogen) atoms. The van der Waals surface area contributed by atoms with E-state index in [-0.39, 0.29) is 17.9 Å². The van der Waals surface area contributed by atoms with Gasteiger partial charge in [-0.2, -0.15) is 0 Å². The van der Waals surface area contributed by atoms with E-state index in [1.807, 2.05) is 6.07 Å². The van der Waals surface area contributed by atoms with Gasteiger partial charge in [-0.1, -0.05) is 29.8 Å². The van der Waals surface area contributed by atoms with Crippen LogP contribution >= 0.6 is 11.6 Å². The normalized spacial score (nSPS) is 12.5. The summed E-state index contributed by atoms with van der Waals surface area (Å²) >= 11 is 6.20. The topological polar surface area (TPSA) is 84.9 Å². The highest BCUT2D eigenvalue weighted by Gasteiger charge is 2.17. The highest BCUT2D eigenvalue weighted by Crippen LogP contribution is 2.38. The molecule has 3 rings (SSSR count). The quantitative estimate of drug-likeness (QED) is 0.810. The molecule has 0 spiro atoms. The molecule has 1 aliphatic rings. The van der Waals surface area contributed by atoms with Crippen molar-refractivity contribution in [2.45, 2.75) is 12.8 Å². The average Bonchev–Trinajstić information content (AvgIpc) is 2.62. The molecule has 0 atom stereocenters. The van der Waals surface area contributed by atoms with Crippen LogP contribution in [-0.2, 0) is 17.6 Å². The number of ether oxygens (including phenoxy) is 2. The van der Waals surface area contributed by atoms with Crippen LogP contribution in [0.1, 0.15) is 21.5 Å². The molecule has 1 aliphatic heterocycles. The van der Waals surface area contributed by atoms with Crippen molar-refractivity contribution in [3.63, 3.8) is 0 Å². The molecule has 2 aromatic rings. The summed E-state index contributed by atoms with van der Waals surface area (Å²) < 4.78 is 11.0. The number of aromatic carboxylic acids is 1. The summed E-state index contributed by atoms with van der Waals surface area (Å²) in [7, 11) is 0. The van der Waals surface area contributed by atoms with Crippen LogP contribution in [0.5, 0.6) is 11.5 Å². The standard InChI is InChI=1S/C19H18ClNO5/c20-15-9-12(10-16-18(15)26-8-7-25-16)5-6-21-17(22)11-13-3-1-2-4-14(13)19(23)24/h1-4,9-10H,5-8,11H2,(H,21,22)(H,23,24). The van der Waals surface area contributed by atoms with Crippen LogP contribution in [-0.4, -0.2) is 36.7 Å². The van der Waals surface area contributed by atoms with Gasteiger partial charge in [0.25, 0.3) is 0 Å². The Bertz CT molecular complexity index is 837. The third kappa shape index (κ3) is 4.26. The Balaban J connectivity index is 1.56. The van der Waals surface area contributed by atoms with Gasteiger partial charge in [-0.15, -0.1) is 0 Å². The Kier molecular flexibility index (Phi) is 5.63. The molecule has 2 N–H and O–H groups in total. The number of carboxylic acids is 1. The molecule has 136 valence electrons. The molecule has 7 heteroatoms. The van der Waals surface area contributed by atoms with Crippen molar-refractivity contribution in [1.29, 1.82) is 0 Å². The summed E-state index contributed by atoms with van der Waals surface area (Å²) in [6.07, 6.45) is 0.590. The maximum Gasteiger partial charge on any atom is 0.335 e. The highest BCUT2D eigenvalue weighted by molar-refractivity contribution is 6.32. The van der Waals surface area contributed by atoms with Crippen LogP contribution in [0.15, 0.2) is 36.4 Å². The first-order valence-corrected chi connectivity index (χ1v) is 8.58. The SMILES string of the molecule is O=C(Cc1ccccc1C(=O)O)NCCc1cc(Cl)c2c(c1)OCCO2. The largest absolute Gasteiger partial charge is 0.486 e. The fourth-order valence-electron chi connectivity index (χ4n) is 2.77. The number of halogens is 1. The first-order valence-electron chi connectivity index (χ1n) is 8.20. The van der Waals surface area contributed by atoms with Gasteiger partial charge in [0.15, 0.2) is 11.5 Å². The van der Waals surface area contributed by atoms with Gasteiger partial charge in [0.05, 0.1) is 17.0 Å². The summed E-state index contributed by atoms with van der Waals surface area (Å²) in [6.45, 7) is 1.36. The maximum absolute atomic E-state index is 12.1. The van der Waals surface area contributed by atoms with E-state index in [1.165, 1.54) is 6.07 Å². The Hall–Kier alpha value is -2.73. The smallest absolute Gasteiger partial charge is 0.335 e. The molecule has 1 heterocycles. The lowest BCUT2D eigenvalue weighted by atomic mass is 10.0. The lowest BCUT2D eigenvalue weighted by Gasteiger charge is -2.20. The Labute approximate surface area is 155 Å². The highest BCUT2D eigenvalue weighted by atomic mass is 35.5. The second kappa shape index (κ2) is 8.10. The zero-order valence-corrected chi connectivity index (χ0v) is 14.7. The molecule has 0 saturated carbocycles. The number of hydrogen-bond donors (Lipinski definition) is 2. The summed E-state index contributed by atoms with van der Waals surface area (Å²) in [5.41, 5.74) is 1.55. The Morgan fingerprint density at radius 3 is 2.73 bits per heavy atom. The van der Waals surface area contributed by atoms with Gasteiger partial charge >= 0.3 is 5.97 Å². The fraction of sp³-hybridized carbons (Fsp3) is 0.263. The minimum Gasteiger partial charge on any atom is -0.486 e. The van der Waals surface area contributed by atoms with E-state index in [1.54, 1.807) is 24.3 Å². The predicted octanol–water partition coefficient (Wildman–Crippen LogP) is 2.71. The van der Waals surface area contributed by atoms with Crippen molar-refractivity contribution in [2.24, 2.45) is 0 Å². The summed E-state index contributed by atoms with van der Waals surface area (Å²) in [5, 5.41) is 12.4. The minimum atomic E-state index is -1.04. The molecule has 6 nitrogen and oxygen atoms in total. The van der Waals surface area contributed by atoms with Crippen LogP contribution in [0.25, 0.3) is 0 Å². The lowest BCUT2D eigenvalue weighted by Crippen LogP contribution is -2.28. The number of hydrogen-bond acceptors (Lipinski definition) is 4. The van der Waals surface area contributed by atoms with Gasteiger partial charge in [0.1, 0.15) is 13.2 Å². The molecule has 0 unspecified atom stereocenters. The van der Waals surface area contributed by atoms with Gasteiger partial charge in [-0.3, -0.25) is 4.79 Å². The van der Waals surface area contributed by atoms with Crippen LogP contribution in [0.2, 0.25) is 5.02 Å². The average molecular weight is 376 g/mol. The molecule has 1 amide bonds. The first kappa shape index (κ1) is 18.1. The number of fused-ring (bicyclic) bond motifs is 1. The number of carbonyl (C=O) groups excluding carboxylic acids is 1. The molecule has 0 saturated heterocycles. The van der Waals surface area contributed by atoms with Gasteiger partial charge in [0, 0.05) is 6.54 Å². The number of benzene rings is 2. The fourth-order valence-corrected chi connectivity index (χ4v) is 3.06. The number of carbonyl (C=O) groups is 2. The molecule has 0 fully saturated rings. The molecule has 0 aliphatic carbocycles. The number of rotatable bonds is 6. The monoisotopic (exact) mass is 375 g/mol. The zero-order chi connectivity index (χ0) is 18.5. The first-order chi connectivity index (χ1) is 12.5. The van der Waals surface area contributed by atoms with Crippen LogP contribution in [0.4, 0.5) is 0 Å². The van der Waals surface area contributed by atoms with Crippen molar-refractivity contribution in [1.82, 2.24) is 5.32 Å². The van der Waals surface area contributed by atoms with Crippen molar-refractivity contribution in [3.8, 4) is 11.5 Å². The summed E-state index contributed by atoms with van der Waals surface area (Å²) in [6, 6.07) is 10.1. The number of carboxylic acid groups (broad SMARTS) is 1. The molecule has 0 aromatic heterocycles. The van der Waals surface area contributed by atoms with Crippen LogP contribution in [0.3, 0.4) is 0 Å². The van der Waals surface area contributed by atoms with E-state index >= 15 is 0 Å². The Morgan fingerprint density at radius 2 is 1.92 bits per heavy atom. The second-order valence-electron chi connectivity index (χ2n) is 5.84.